The third-order valence-corrected chi connectivity index (χ3v) is 7.70. The summed E-state index contributed by atoms with van der Waals surface area (Å²) in [5.41, 5.74) is 3.96. The molecule has 0 spiro atoms. The molecule has 0 unspecified atom stereocenters. The molecule has 0 aliphatic rings. The number of halogens is 1. The van der Waals surface area contributed by atoms with Gasteiger partial charge in [-0.25, -0.2) is 17.4 Å². The maximum atomic E-state index is 13.5. The Morgan fingerprint density at radius 2 is 1.74 bits per heavy atom. The molecule has 3 heterocycles. The minimum absolute atomic E-state index is 0.210. The molecule has 0 aliphatic carbocycles. The molecule has 172 valence electrons. The van der Waals surface area contributed by atoms with Crippen LogP contribution >= 0.6 is 15.9 Å². The summed E-state index contributed by atoms with van der Waals surface area (Å²) in [6.45, 7) is 2.49. The van der Waals surface area contributed by atoms with Gasteiger partial charge in [0.15, 0.2) is 5.65 Å². The van der Waals surface area contributed by atoms with E-state index < -0.39 is 10.0 Å². The number of methoxy groups -OCH3 is 1. The molecule has 0 N–H and O–H groups in total. The predicted molar refractivity (Wildman–Crippen MR) is 135 cm³/mol. The van der Waals surface area contributed by atoms with E-state index in [1.54, 1.807) is 50.0 Å². The summed E-state index contributed by atoms with van der Waals surface area (Å²) < 4.78 is 36.0. The summed E-state index contributed by atoms with van der Waals surface area (Å²) in [5, 5.41) is 5.21. The topological polar surface area (TPSA) is 79.0 Å². The van der Waals surface area contributed by atoms with Crippen LogP contribution in [0.5, 0.6) is 5.75 Å². The van der Waals surface area contributed by atoms with Crippen LogP contribution in [0, 0.1) is 6.92 Å². The fourth-order valence-corrected chi connectivity index (χ4v) is 5.45. The molecule has 7 nitrogen and oxygen atoms in total. The maximum Gasteiger partial charge on any atom is 0.269 e. The van der Waals surface area contributed by atoms with Crippen molar-refractivity contribution in [3.05, 3.63) is 95.0 Å². The zero-order valence-corrected chi connectivity index (χ0v) is 20.9. The number of hydrogen-bond acceptors (Lipinski definition) is 5. The normalized spacial score (nSPS) is 11.7. The second-order valence-corrected chi connectivity index (χ2v) is 10.7. The van der Waals surface area contributed by atoms with Crippen molar-refractivity contribution in [3.8, 4) is 16.9 Å². The highest BCUT2D eigenvalue weighted by Crippen LogP contribution is 2.33. The smallest absolute Gasteiger partial charge is 0.269 e. The molecular formula is C25H21BrN4O3S. The van der Waals surface area contributed by atoms with Crippen molar-refractivity contribution in [2.75, 3.05) is 7.11 Å². The van der Waals surface area contributed by atoms with Gasteiger partial charge in [-0.1, -0.05) is 29.8 Å². The Morgan fingerprint density at radius 3 is 2.44 bits per heavy atom. The van der Waals surface area contributed by atoms with Gasteiger partial charge in [0, 0.05) is 39.6 Å². The van der Waals surface area contributed by atoms with Crippen LogP contribution in [0.1, 0.15) is 11.1 Å². The molecule has 0 bridgehead atoms. The number of fused-ring (bicyclic) bond motifs is 1. The number of pyridine rings is 1. The summed E-state index contributed by atoms with van der Waals surface area (Å²) in [4.78, 5) is 4.63. The average molecular weight is 537 g/mol. The third kappa shape index (κ3) is 4.12. The summed E-state index contributed by atoms with van der Waals surface area (Å²) in [6.07, 6.45) is 6.86. The molecule has 0 saturated heterocycles. The van der Waals surface area contributed by atoms with E-state index in [1.165, 1.54) is 3.97 Å². The number of aromatic nitrogens is 4. The maximum absolute atomic E-state index is 13.5. The van der Waals surface area contributed by atoms with Gasteiger partial charge < -0.3 is 4.74 Å². The van der Waals surface area contributed by atoms with Crippen LogP contribution < -0.4 is 4.74 Å². The van der Waals surface area contributed by atoms with Gasteiger partial charge in [0.25, 0.3) is 10.0 Å². The van der Waals surface area contributed by atoms with Crippen LogP contribution in [0.25, 0.3) is 22.2 Å². The number of aryl methyl sites for hydroxylation is 1. The molecule has 0 atom stereocenters. The van der Waals surface area contributed by atoms with Gasteiger partial charge in [-0.3, -0.25) is 4.68 Å². The van der Waals surface area contributed by atoms with Crippen molar-refractivity contribution in [1.82, 2.24) is 18.7 Å². The second-order valence-electron chi connectivity index (χ2n) is 7.96. The molecule has 5 aromatic rings. The first kappa shape index (κ1) is 22.4. The van der Waals surface area contributed by atoms with Crippen LogP contribution in [0.4, 0.5) is 0 Å². The van der Waals surface area contributed by atoms with E-state index in [0.29, 0.717) is 17.6 Å². The Labute approximate surface area is 205 Å². The number of benzene rings is 2. The van der Waals surface area contributed by atoms with Gasteiger partial charge in [0.05, 0.1) is 24.7 Å². The largest absolute Gasteiger partial charge is 0.497 e. The molecular weight excluding hydrogens is 516 g/mol. The Kier molecular flexibility index (Phi) is 5.75. The van der Waals surface area contributed by atoms with Gasteiger partial charge >= 0.3 is 0 Å². The van der Waals surface area contributed by atoms with Crippen LogP contribution in [0.2, 0.25) is 0 Å². The Hall–Kier alpha value is -3.43. The molecule has 0 fully saturated rings. The van der Waals surface area contributed by atoms with Gasteiger partial charge in [0.1, 0.15) is 5.75 Å². The van der Waals surface area contributed by atoms with Crippen LogP contribution in [0.3, 0.4) is 0 Å². The van der Waals surface area contributed by atoms with Crippen molar-refractivity contribution < 1.29 is 13.2 Å². The fraction of sp³-hybridized carbons (Fsp3) is 0.120. The SMILES string of the molecule is COc1ccc(Cn2cc(-c3cn(S(=O)(=O)c4ccc(C)cc4)c4ncc(Br)cc34)cn2)cc1. The Balaban J connectivity index is 1.57. The number of rotatable bonds is 6. The highest BCUT2D eigenvalue weighted by atomic mass is 79.9. The Bertz CT molecular complexity index is 1590. The van der Waals surface area contributed by atoms with E-state index in [9.17, 15) is 8.42 Å². The predicted octanol–water partition coefficient (Wildman–Crippen LogP) is 5.26. The lowest BCUT2D eigenvalue weighted by molar-refractivity contribution is 0.414. The lowest BCUT2D eigenvalue weighted by Crippen LogP contribution is -2.12. The van der Waals surface area contributed by atoms with Crippen molar-refractivity contribution in [1.29, 1.82) is 0 Å². The molecule has 9 heteroatoms. The van der Waals surface area contributed by atoms with Crippen molar-refractivity contribution in [2.45, 2.75) is 18.4 Å². The van der Waals surface area contributed by atoms with E-state index in [1.807, 2.05) is 48.1 Å². The number of ether oxygens (including phenoxy) is 1. The average Bonchev–Trinajstić information content (AvgIpc) is 3.44. The summed E-state index contributed by atoms with van der Waals surface area (Å²) >= 11 is 3.46. The molecule has 0 amide bonds. The first-order valence-electron chi connectivity index (χ1n) is 10.5. The fourth-order valence-electron chi connectivity index (χ4n) is 3.80. The summed E-state index contributed by atoms with van der Waals surface area (Å²) in [7, 11) is -2.19. The van der Waals surface area contributed by atoms with E-state index in [4.69, 9.17) is 4.74 Å². The van der Waals surface area contributed by atoms with Crippen molar-refractivity contribution in [2.24, 2.45) is 0 Å². The van der Waals surface area contributed by atoms with Crippen molar-refractivity contribution in [3.63, 3.8) is 0 Å². The first-order chi connectivity index (χ1) is 16.3. The number of nitrogens with zero attached hydrogens (tertiary/aromatic N) is 4. The van der Waals surface area contributed by atoms with Crippen LogP contribution in [0.15, 0.2) is 88.8 Å². The standard InChI is InChI=1S/C25H21BrN4O3S/c1-17-3-9-22(10-4-17)34(31,32)30-16-24(23-11-20(26)13-27-25(23)30)19-12-28-29(15-19)14-18-5-7-21(33-2)8-6-18/h3-13,15-16H,14H2,1-2H3. The first-order valence-corrected chi connectivity index (χ1v) is 12.7. The monoisotopic (exact) mass is 536 g/mol. The lowest BCUT2D eigenvalue weighted by Gasteiger charge is -2.07. The number of hydrogen-bond donors (Lipinski definition) is 0. The van der Waals surface area contributed by atoms with Gasteiger partial charge in [-0.05, 0) is 58.7 Å². The lowest BCUT2D eigenvalue weighted by atomic mass is 10.1. The minimum atomic E-state index is -3.83. The minimum Gasteiger partial charge on any atom is -0.497 e. The Morgan fingerprint density at radius 1 is 1.00 bits per heavy atom. The molecule has 0 radical (unpaired) electrons. The highest BCUT2D eigenvalue weighted by molar-refractivity contribution is 9.10. The molecule has 3 aromatic heterocycles. The van der Waals surface area contributed by atoms with E-state index in [-0.39, 0.29) is 4.90 Å². The zero-order valence-electron chi connectivity index (χ0n) is 18.5. The van der Waals surface area contributed by atoms with Crippen LogP contribution in [-0.2, 0) is 16.6 Å². The van der Waals surface area contributed by atoms with E-state index >= 15 is 0 Å². The quantitative estimate of drug-likeness (QED) is 0.295. The van der Waals surface area contributed by atoms with Gasteiger partial charge in [-0.2, -0.15) is 5.10 Å². The molecule has 5 rings (SSSR count). The van der Waals surface area contributed by atoms with E-state index in [0.717, 1.165) is 32.5 Å². The highest BCUT2D eigenvalue weighted by Gasteiger charge is 2.23. The van der Waals surface area contributed by atoms with Crippen LogP contribution in [-0.4, -0.2) is 34.3 Å². The second kappa shape index (κ2) is 8.73. The van der Waals surface area contributed by atoms with Crippen molar-refractivity contribution >= 4 is 37.0 Å². The third-order valence-electron chi connectivity index (χ3n) is 5.60. The molecule has 0 aliphatic heterocycles. The summed E-state index contributed by atoms with van der Waals surface area (Å²) in [5.74, 6) is 0.797. The van der Waals surface area contributed by atoms with E-state index in [2.05, 4.69) is 26.0 Å². The van der Waals surface area contributed by atoms with Gasteiger partial charge in [0.2, 0.25) is 0 Å². The summed E-state index contributed by atoms with van der Waals surface area (Å²) in [6, 6.07) is 16.5. The molecule has 2 aromatic carbocycles. The molecule has 34 heavy (non-hydrogen) atoms. The zero-order chi connectivity index (χ0) is 23.9. The molecule has 0 saturated carbocycles. The van der Waals surface area contributed by atoms with Gasteiger partial charge in [-0.15, -0.1) is 0 Å².